The molecule has 7 heteroatoms. The quantitative estimate of drug-likeness (QED) is 0.645. The van der Waals surface area contributed by atoms with E-state index in [0.717, 1.165) is 13.0 Å². The molecule has 0 aromatic carbocycles. The highest BCUT2D eigenvalue weighted by Gasteiger charge is 2.22. The monoisotopic (exact) mass is 251 g/mol. The van der Waals surface area contributed by atoms with Gasteiger partial charge in [-0.3, -0.25) is 0 Å². The van der Waals surface area contributed by atoms with Crippen LogP contribution in [-0.2, 0) is 14.9 Å². The summed E-state index contributed by atoms with van der Waals surface area (Å²) in [5, 5.41) is 3.17. The maximum atomic E-state index is 11.7. The van der Waals surface area contributed by atoms with Crippen molar-refractivity contribution in [2.75, 3.05) is 39.8 Å². The molecule has 2 N–H and O–H groups in total. The molecule has 1 unspecified atom stereocenters. The number of rotatable bonds is 6. The fraction of sp³-hybridized carbons (Fsp3) is 1.00. The van der Waals surface area contributed by atoms with Crippen LogP contribution in [0.5, 0.6) is 0 Å². The van der Waals surface area contributed by atoms with Crippen LogP contribution in [0.1, 0.15) is 13.3 Å². The van der Waals surface area contributed by atoms with E-state index in [-0.39, 0.29) is 6.10 Å². The van der Waals surface area contributed by atoms with Crippen molar-refractivity contribution in [1.29, 1.82) is 0 Å². The van der Waals surface area contributed by atoms with Crippen molar-refractivity contribution in [1.82, 2.24) is 14.3 Å². The van der Waals surface area contributed by atoms with Gasteiger partial charge >= 0.3 is 0 Å². The smallest absolute Gasteiger partial charge is 0.279 e. The Morgan fingerprint density at radius 3 is 2.88 bits per heavy atom. The van der Waals surface area contributed by atoms with Crippen molar-refractivity contribution < 1.29 is 13.2 Å². The van der Waals surface area contributed by atoms with Gasteiger partial charge in [0.05, 0.1) is 12.7 Å². The number of hydrogen-bond acceptors (Lipinski definition) is 4. The minimum Gasteiger partial charge on any atom is -0.374 e. The summed E-state index contributed by atoms with van der Waals surface area (Å²) in [5.74, 6) is 0. The molecule has 1 atom stereocenters. The average Bonchev–Trinajstić information content (AvgIpc) is 2.28. The molecule has 0 aromatic heterocycles. The minimum atomic E-state index is -3.35. The Balaban J connectivity index is 2.40. The summed E-state index contributed by atoms with van der Waals surface area (Å²) in [6.07, 6.45) is 0.728. The van der Waals surface area contributed by atoms with Crippen LogP contribution in [0.15, 0.2) is 0 Å². The van der Waals surface area contributed by atoms with E-state index in [9.17, 15) is 8.42 Å². The molecule has 0 aromatic rings. The van der Waals surface area contributed by atoms with E-state index in [2.05, 4.69) is 10.0 Å². The summed E-state index contributed by atoms with van der Waals surface area (Å²) >= 11 is 0. The molecule has 0 saturated carbocycles. The second-order valence-electron chi connectivity index (χ2n) is 3.88. The molecule has 0 spiro atoms. The van der Waals surface area contributed by atoms with E-state index in [4.69, 9.17) is 4.74 Å². The van der Waals surface area contributed by atoms with E-state index in [0.29, 0.717) is 26.2 Å². The second kappa shape index (κ2) is 6.51. The molecule has 1 saturated heterocycles. The second-order valence-corrected chi connectivity index (χ2v) is 5.74. The standard InChI is InChI=1S/C9H21N3O3S/c1-3-4-11-16(13,14)12(2)8-9-7-10-5-6-15-9/h9-11H,3-8H2,1-2H3. The van der Waals surface area contributed by atoms with Crippen molar-refractivity contribution in [2.45, 2.75) is 19.4 Å². The Morgan fingerprint density at radius 2 is 2.31 bits per heavy atom. The normalized spacial score (nSPS) is 22.6. The molecule has 1 rings (SSSR count). The highest BCUT2D eigenvalue weighted by Crippen LogP contribution is 2.02. The molecule has 1 heterocycles. The first kappa shape index (κ1) is 13.9. The molecule has 0 aliphatic carbocycles. The lowest BCUT2D eigenvalue weighted by Crippen LogP contribution is -2.48. The molecular formula is C9H21N3O3S. The van der Waals surface area contributed by atoms with Crippen molar-refractivity contribution in [3.63, 3.8) is 0 Å². The number of nitrogens with zero attached hydrogens (tertiary/aromatic N) is 1. The van der Waals surface area contributed by atoms with Crippen molar-refractivity contribution >= 4 is 10.2 Å². The van der Waals surface area contributed by atoms with Gasteiger partial charge in [-0.15, -0.1) is 0 Å². The zero-order valence-corrected chi connectivity index (χ0v) is 10.7. The Kier molecular flexibility index (Phi) is 5.63. The van der Waals surface area contributed by atoms with Gasteiger partial charge in [-0.2, -0.15) is 12.7 Å². The molecule has 16 heavy (non-hydrogen) atoms. The van der Waals surface area contributed by atoms with Crippen molar-refractivity contribution in [3.05, 3.63) is 0 Å². The van der Waals surface area contributed by atoms with E-state index in [1.807, 2.05) is 6.92 Å². The predicted molar refractivity (Wildman–Crippen MR) is 62.5 cm³/mol. The van der Waals surface area contributed by atoms with Crippen LogP contribution >= 0.6 is 0 Å². The van der Waals surface area contributed by atoms with Crippen LogP contribution in [0, 0.1) is 0 Å². The lowest BCUT2D eigenvalue weighted by molar-refractivity contribution is 0.0205. The zero-order valence-electron chi connectivity index (χ0n) is 9.90. The van der Waals surface area contributed by atoms with Gasteiger partial charge in [0.25, 0.3) is 10.2 Å². The molecule has 0 radical (unpaired) electrons. The number of morpholine rings is 1. The lowest BCUT2D eigenvalue weighted by Gasteiger charge is -2.27. The summed E-state index contributed by atoms with van der Waals surface area (Å²) in [6, 6.07) is 0. The summed E-state index contributed by atoms with van der Waals surface area (Å²) in [5.41, 5.74) is 0. The van der Waals surface area contributed by atoms with Gasteiger partial charge in [-0.1, -0.05) is 6.92 Å². The van der Waals surface area contributed by atoms with Gasteiger partial charge in [-0.05, 0) is 6.42 Å². The van der Waals surface area contributed by atoms with Crippen LogP contribution in [0.25, 0.3) is 0 Å². The summed E-state index contributed by atoms with van der Waals surface area (Å²) < 4.78 is 32.7. The number of ether oxygens (including phenoxy) is 1. The van der Waals surface area contributed by atoms with Gasteiger partial charge < -0.3 is 10.1 Å². The highest BCUT2D eigenvalue weighted by atomic mass is 32.2. The average molecular weight is 251 g/mol. The predicted octanol–water partition coefficient (Wildman–Crippen LogP) is -0.849. The van der Waals surface area contributed by atoms with E-state index >= 15 is 0 Å². The van der Waals surface area contributed by atoms with Crippen LogP contribution in [0.4, 0.5) is 0 Å². The molecule has 0 bridgehead atoms. The molecule has 96 valence electrons. The molecule has 1 aliphatic rings. The third-order valence-corrected chi connectivity index (χ3v) is 3.95. The van der Waals surface area contributed by atoms with E-state index in [1.165, 1.54) is 4.31 Å². The fourth-order valence-corrected chi connectivity index (χ4v) is 2.51. The Morgan fingerprint density at radius 1 is 1.56 bits per heavy atom. The molecule has 6 nitrogen and oxygen atoms in total. The van der Waals surface area contributed by atoms with E-state index in [1.54, 1.807) is 7.05 Å². The van der Waals surface area contributed by atoms with Gasteiger partial charge in [0.15, 0.2) is 0 Å². The summed E-state index contributed by atoms with van der Waals surface area (Å²) in [7, 11) is -1.78. The Bertz CT molecular complexity index is 288. The summed E-state index contributed by atoms with van der Waals surface area (Å²) in [6.45, 7) is 4.95. The Hall–Kier alpha value is -0.210. The first-order valence-corrected chi connectivity index (χ1v) is 7.03. The third-order valence-electron chi connectivity index (χ3n) is 2.41. The van der Waals surface area contributed by atoms with Gasteiger partial charge in [-0.25, -0.2) is 4.72 Å². The first-order chi connectivity index (χ1) is 7.56. The van der Waals surface area contributed by atoms with Gasteiger partial charge in [0.2, 0.25) is 0 Å². The summed E-state index contributed by atoms with van der Waals surface area (Å²) in [4.78, 5) is 0. The largest absolute Gasteiger partial charge is 0.374 e. The number of hydrogen-bond donors (Lipinski definition) is 2. The molecule has 0 amide bonds. The fourth-order valence-electron chi connectivity index (χ4n) is 1.46. The third kappa shape index (κ3) is 4.34. The lowest BCUT2D eigenvalue weighted by atomic mass is 10.3. The van der Waals surface area contributed by atoms with E-state index < -0.39 is 10.2 Å². The topological polar surface area (TPSA) is 70.7 Å². The molecule has 1 aliphatic heterocycles. The SMILES string of the molecule is CCCNS(=O)(=O)N(C)CC1CNCCO1. The molecule has 1 fully saturated rings. The van der Waals surface area contributed by atoms with Crippen molar-refractivity contribution in [2.24, 2.45) is 0 Å². The minimum absolute atomic E-state index is 0.0584. The first-order valence-electron chi connectivity index (χ1n) is 5.59. The van der Waals surface area contributed by atoms with Gasteiger partial charge in [0.1, 0.15) is 0 Å². The van der Waals surface area contributed by atoms with Gasteiger partial charge in [0, 0.05) is 33.2 Å². The maximum absolute atomic E-state index is 11.7. The maximum Gasteiger partial charge on any atom is 0.279 e. The Labute approximate surface area is 97.5 Å². The van der Waals surface area contributed by atoms with Crippen LogP contribution in [0.3, 0.4) is 0 Å². The van der Waals surface area contributed by atoms with Crippen molar-refractivity contribution in [3.8, 4) is 0 Å². The highest BCUT2D eigenvalue weighted by molar-refractivity contribution is 7.87. The van der Waals surface area contributed by atoms with Crippen LogP contribution < -0.4 is 10.0 Å². The number of nitrogens with one attached hydrogen (secondary N) is 2. The van der Waals surface area contributed by atoms with Crippen LogP contribution in [0.2, 0.25) is 0 Å². The van der Waals surface area contributed by atoms with Crippen LogP contribution in [-0.4, -0.2) is 58.7 Å². The number of likely N-dealkylation sites (N-methyl/N-ethyl adjacent to an activating group) is 1. The zero-order chi connectivity index (χ0) is 12.0. The molecular weight excluding hydrogens is 230 g/mol.